The number of carbonyl (C=O) groups excluding carboxylic acids is 1. The topological polar surface area (TPSA) is 49.6 Å². The van der Waals surface area contributed by atoms with Gasteiger partial charge in [-0.05, 0) is 25.0 Å². The first-order chi connectivity index (χ1) is 9.16. The maximum Gasteiger partial charge on any atom is 0.256 e. The van der Waals surface area contributed by atoms with E-state index in [1.807, 2.05) is 0 Å². The molecule has 3 rings (SSSR count). The maximum absolute atomic E-state index is 13.4. The van der Waals surface area contributed by atoms with E-state index in [1.54, 1.807) is 11.0 Å². The van der Waals surface area contributed by atoms with Crippen molar-refractivity contribution in [1.29, 1.82) is 0 Å². The number of anilines is 1. The molecule has 2 fully saturated rings. The van der Waals surface area contributed by atoms with Gasteiger partial charge in [0.15, 0.2) is 0 Å². The summed E-state index contributed by atoms with van der Waals surface area (Å²) in [7, 11) is 0. The summed E-state index contributed by atoms with van der Waals surface area (Å²) in [5, 5.41) is 0. The van der Waals surface area contributed by atoms with E-state index in [4.69, 9.17) is 5.73 Å². The lowest BCUT2D eigenvalue weighted by Crippen LogP contribution is -2.49. The van der Waals surface area contributed by atoms with E-state index < -0.39 is 5.82 Å². The lowest BCUT2D eigenvalue weighted by atomic mass is 10.1. The molecule has 1 aliphatic carbocycles. The second-order valence-corrected chi connectivity index (χ2v) is 5.26. The van der Waals surface area contributed by atoms with Crippen molar-refractivity contribution >= 4 is 11.6 Å². The molecule has 1 aromatic rings. The van der Waals surface area contributed by atoms with Crippen LogP contribution >= 0.6 is 0 Å². The van der Waals surface area contributed by atoms with Crippen molar-refractivity contribution in [2.24, 2.45) is 0 Å². The minimum Gasteiger partial charge on any atom is -0.396 e. The van der Waals surface area contributed by atoms with E-state index in [1.165, 1.54) is 25.0 Å². The number of hydrogen-bond donors (Lipinski definition) is 1. The summed E-state index contributed by atoms with van der Waals surface area (Å²) < 4.78 is 13.4. The second kappa shape index (κ2) is 4.81. The van der Waals surface area contributed by atoms with Gasteiger partial charge in [0, 0.05) is 32.2 Å². The predicted octanol–water partition coefficient (Wildman–Crippen LogP) is 1.33. The second-order valence-electron chi connectivity index (χ2n) is 5.26. The molecule has 1 aromatic carbocycles. The van der Waals surface area contributed by atoms with Gasteiger partial charge >= 0.3 is 0 Å². The van der Waals surface area contributed by atoms with Gasteiger partial charge < -0.3 is 10.6 Å². The largest absolute Gasteiger partial charge is 0.396 e. The fraction of sp³-hybridized carbons (Fsp3) is 0.500. The predicted molar refractivity (Wildman–Crippen MR) is 71.3 cm³/mol. The van der Waals surface area contributed by atoms with Crippen LogP contribution in [0.25, 0.3) is 0 Å². The van der Waals surface area contributed by atoms with E-state index in [9.17, 15) is 9.18 Å². The van der Waals surface area contributed by atoms with Gasteiger partial charge in [0.2, 0.25) is 0 Å². The van der Waals surface area contributed by atoms with Crippen molar-refractivity contribution in [2.75, 3.05) is 31.9 Å². The number of rotatable bonds is 2. The Hall–Kier alpha value is -1.62. The van der Waals surface area contributed by atoms with Gasteiger partial charge in [-0.25, -0.2) is 4.39 Å². The number of piperazine rings is 1. The Bertz CT molecular complexity index is 493. The molecule has 1 saturated heterocycles. The average molecular weight is 263 g/mol. The highest BCUT2D eigenvalue weighted by molar-refractivity contribution is 5.99. The highest BCUT2D eigenvalue weighted by atomic mass is 19.1. The van der Waals surface area contributed by atoms with Crippen LogP contribution < -0.4 is 5.73 Å². The van der Waals surface area contributed by atoms with Gasteiger partial charge in [-0.1, -0.05) is 6.07 Å². The summed E-state index contributed by atoms with van der Waals surface area (Å²) in [5.74, 6) is -0.685. The zero-order chi connectivity index (χ0) is 13.4. The van der Waals surface area contributed by atoms with E-state index in [0.29, 0.717) is 13.1 Å². The average Bonchev–Trinajstić information content (AvgIpc) is 3.26. The third kappa shape index (κ3) is 2.42. The van der Waals surface area contributed by atoms with Crippen LogP contribution in [0.5, 0.6) is 0 Å². The lowest BCUT2D eigenvalue weighted by Gasteiger charge is -2.35. The van der Waals surface area contributed by atoms with E-state index in [0.717, 1.165) is 19.1 Å². The highest BCUT2D eigenvalue weighted by Gasteiger charge is 2.32. The molecule has 19 heavy (non-hydrogen) atoms. The Morgan fingerprint density at radius 2 is 1.89 bits per heavy atom. The summed E-state index contributed by atoms with van der Waals surface area (Å²) in [4.78, 5) is 16.5. The molecule has 0 atom stereocenters. The molecule has 0 bridgehead atoms. The molecule has 5 heteroatoms. The number of halogens is 1. The molecule has 1 heterocycles. The Balaban J connectivity index is 1.69. The first-order valence-corrected chi connectivity index (χ1v) is 6.74. The summed E-state index contributed by atoms with van der Waals surface area (Å²) in [6.45, 7) is 3.22. The van der Waals surface area contributed by atoms with Gasteiger partial charge in [-0.2, -0.15) is 0 Å². The molecular weight excluding hydrogens is 245 g/mol. The van der Waals surface area contributed by atoms with Crippen LogP contribution in [0.15, 0.2) is 18.2 Å². The standard InChI is InChI=1S/C14H18FN3O/c15-12-3-1-2-11(13(12)16)14(19)18-8-6-17(7-9-18)10-4-5-10/h1-3,10H,4-9,16H2. The van der Waals surface area contributed by atoms with Gasteiger partial charge in [0.1, 0.15) is 5.82 Å². The quantitative estimate of drug-likeness (QED) is 0.819. The minimum absolute atomic E-state index is 0.0443. The normalized spacial score (nSPS) is 20.6. The molecular formula is C14H18FN3O. The smallest absolute Gasteiger partial charge is 0.256 e. The number of amides is 1. The van der Waals surface area contributed by atoms with Crippen LogP contribution in [0.3, 0.4) is 0 Å². The van der Waals surface area contributed by atoms with Crippen molar-refractivity contribution in [3.63, 3.8) is 0 Å². The molecule has 2 N–H and O–H groups in total. The molecule has 0 radical (unpaired) electrons. The lowest BCUT2D eigenvalue weighted by molar-refractivity contribution is 0.0628. The Kier molecular flexibility index (Phi) is 3.14. The van der Waals surface area contributed by atoms with Crippen LogP contribution in [-0.4, -0.2) is 47.9 Å². The summed E-state index contributed by atoms with van der Waals surface area (Å²) in [6.07, 6.45) is 2.57. The third-order valence-electron chi connectivity index (χ3n) is 3.95. The summed E-state index contributed by atoms with van der Waals surface area (Å²) in [6, 6.07) is 5.13. The van der Waals surface area contributed by atoms with Gasteiger partial charge in [0.05, 0.1) is 11.3 Å². The van der Waals surface area contributed by atoms with E-state index >= 15 is 0 Å². The molecule has 0 aromatic heterocycles. The first-order valence-electron chi connectivity index (χ1n) is 6.74. The van der Waals surface area contributed by atoms with Gasteiger partial charge in [0.25, 0.3) is 5.91 Å². The summed E-state index contributed by atoms with van der Waals surface area (Å²) >= 11 is 0. The van der Waals surface area contributed by atoms with Crippen molar-refractivity contribution in [2.45, 2.75) is 18.9 Å². The monoisotopic (exact) mass is 263 g/mol. The Morgan fingerprint density at radius 3 is 2.53 bits per heavy atom. The van der Waals surface area contributed by atoms with Crippen molar-refractivity contribution in [1.82, 2.24) is 9.80 Å². The molecule has 1 amide bonds. The number of para-hydroxylation sites is 1. The molecule has 4 nitrogen and oxygen atoms in total. The van der Waals surface area contributed by atoms with Crippen LogP contribution in [0.2, 0.25) is 0 Å². The number of nitrogens with two attached hydrogens (primary N) is 1. The van der Waals surface area contributed by atoms with Gasteiger partial charge in [-0.3, -0.25) is 9.69 Å². The van der Waals surface area contributed by atoms with Crippen molar-refractivity contribution < 1.29 is 9.18 Å². The Morgan fingerprint density at radius 1 is 1.21 bits per heavy atom. The van der Waals surface area contributed by atoms with Crippen molar-refractivity contribution in [3.8, 4) is 0 Å². The molecule has 102 valence electrons. The van der Waals surface area contributed by atoms with Crippen LogP contribution in [0, 0.1) is 5.82 Å². The molecule has 1 saturated carbocycles. The fourth-order valence-electron chi connectivity index (χ4n) is 2.62. The fourth-order valence-corrected chi connectivity index (χ4v) is 2.62. The third-order valence-corrected chi connectivity index (χ3v) is 3.95. The number of hydrogen-bond acceptors (Lipinski definition) is 3. The van der Waals surface area contributed by atoms with Gasteiger partial charge in [-0.15, -0.1) is 0 Å². The van der Waals surface area contributed by atoms with Crippen molar-refractivity contribution in [3.05, 3.63) is 29.6 Å². The number of nitrogen functional groups attached to an aromatic ring is 1. The summed E-state index contributed by atoms with van der Waals surface area (Å²) in [5.41, 5.74) is 5.88. The zero-order valence-corrected chi connectivity index (χ0v) is 10.8. The molecule has 2 aliphatic rings. The number of nitrogens with zero attached hydrogens (tertiary/aromatic N) is 2. The molecule has 1 aliphatic heterocycles. The SMILES string of the molecule is Nc1c(F)cccc1C(=O)N1CCN(C2CC2)CC1. The van der Waals surface area contributed by atoms with Crippen LogP contribution in [0.1, 0.15) is 23.2 Å². The first kappa shape index (κ1) is 12.4. The van der Waals surface area contributed by atoms with E-state index in [-0.39, 0.29) is 17.2 Å². The molecule has 0 unspecified atom stereocenters. The molecule has 0 spiro atoms. The Labute approximate surface area is 112 Å². The number of benzene rings is 1. The van der Waals surface area contributed by atoms with Crippen LogP contribution in [0.4, 0.5) is 10.1 Å². The highest BCUT2D eigenvalue weighted by Crippen LogP contribution is 2.28. The van der Waals surface area contributed by atoms with E-state index in [2.05, 4.69) is 4.90 Å². The number of carbonyl (C=O) groups is 1. The van der Waals surface area contributed by atoms with Crippen LogP contribution in [-0.2, 0) is 0 Å². The zero-order valence-electron chi connectivity index (χ0n) is 10.8. The minimum atomic E-state index is -0.525. The maximum atomic E-state index is 13.4.